The zero-order valence-corrected chi connectivity index (χ0v) is 17.0. The molecule has 1 heterocycles. The van der Waals surface area contributed by atoms with Crippen LogP contribution in [0.15, 0.2) is 48.5 Å². The minimum atomic E-state index is -0.506. The molecule has 1 aliphatic heterocycles. The van der Waals surface area contributed by atoms with Crippen LogP contribution in [0.25, 0.3) is 0 Å². The number of nitrogens with zero attached hydrogens (tertiary/aromatic N) is 1. The second-order valence-corrected chi connectivity index (χ2v) is 7.00. The van der Waals surface area contributed by atoms with Crippen molar-refractivity contribution >= 4 is 23.2 Å². The average molecular weight is 396 g/mol. The molecule has 0 spiro atoms. The maximum absolute atomic E-state index is 12.7. The van der Waals surface area contributed by atoms with Crippen molar-refractivity contribution in [3.05, 3.63) is 48.5 Å². The number of amides is 2. The van der Waals surface area contributed by atoms with Crippen LogP contribution in [0.5, 0.6) is 11.5 Å². The summed E-state index contributed by atoms with van der Waals surface area (Å²) in [5, 5.41) is 2.88. The molecule has 3 rings (SSSR count). The summed E-state index contributed by atoms with van der Waals surface area (Å²) in [5.41, 5.74) is 1.42. The van der Waals surface area contributed by atoms with Crippen LogP contribution in [-0.2, 0) is 9.59 Å². The van der Waals surface area contributed by atoms with Crippen LogP contribution in [-0.4, -0.2) is 31.1 Å². The average Bonchev–Trinajstić information content (AvgIpc) is 2.74. The lowest BCUT2D eigenvalue weighted by Gasteiger charge is -2.33. The van der Waals surface area contributed by atoms with E-state index in [1.165, 1.54) is 0 Å². The van der Waals surface area contributed by atoms with E-state index < -0.39 is 6.10 Å². The second-order valence-electron chi connectivity index (χ2n) is 7.00. The van der Waals surface area contributed by atoms with Crippen molar-refractivity contribution in [2.75, 3.05) is 23.4 Å². The molecule has 0 bridgehead atoms. The number of fused-ring (bicyclic) bond motifs is 1. The van der Waals surface area contributed by atoms with E-state index in [0.717, 1.165) is 18.6 Å². The molecular formula is C23H28N2O4. The minimum absolute atomic E-state index is 0.104. The first-order chi connectivity index (χ1) is 14.1. The SMILES string of the molecule is CCCCOc1ccc(NC(=O)CCN2C(=O)C(CC)Oc3ccccc32)cc1. The summed E-state index contributed by atoms with van der Waals surface area (Å²) >= 11 is 0. The number of carbonyl (C=O) groups is 2. The van der Waals surface area contributed by atoms with Gasteiger partial charge in [0, 0.05) is 18.7 Å². The van der Waals surface area contributed by atoms with Gasteiger partial charge in [-0.05, 0) is 49.2 Å². The summed E-state index contributed by atoms with van der Waals surface area (Å²) in [6.07, 6.45) is 2.38. The number of ether oxygens (including phenoxy) is 2. The molecule has 2 amide bonds. The highest BCUT2D eigenvalue weighted by Crippen LogP contribution is 2.34. The van der Waals surface area contributed by atoms with Gasteiger partial charge >= 0.3 is 0 Å². The van der Waals surface area contributed by atoms with Crippen molar-refractivity contribution in [3.63, 3.8) is 0 Å². The Balaban J connectivity index is 1.57. The van der Waals surface area contributed by atoms with E-state index in [4.69, 9.17) is 9.47 Å². The van der Waals surface area contributed by atoms with Crippen LogP contribution >= 0.6 is 0 Å². The molecule has 0 aliphatic carbocycles. The molecule has 29 heavy (non-hydrogen) atoms. The van der Waals surface area contributed by atoms with Crippen molar-refractivity contribution in [3.8, 4) is 11.5 Å². The highest BCUT2D eigenvalue weighted by atomic mass is 16.5. The van der Waals surface area contributed by atoms with E-state index in [1.54, 1.807) is 4.90 Å². The molecule has 1 aliphatic rings. The first-order valence-corrected chi connectivity index (χ1v) is 10.2. The van der Waals surface area contributed by atoms with Crippen LogP contribution in [0.3, 0.4) is 0 Å². The lowest BCUT2D eigenvalue weighted by atomic mass is 10.1. The highest BCUT2D eigenvalue weighted by Gasteiger charge is 2.33. The molecular weight excluding hydrogens is 368 g/mol. The van der Waals surface area contributed by atoms with Gasteiger partial charge in [-0.25, -0.2) is 0 Å². The normalized spacial score (nSPS) is 15.4. The lowest BCUT2D eigenvalue weighted by Crippen LogP contribution is -2.46. The van der Waals surface area contributed by atoms with Gasteiger partial charge in [0.15, 0.2) is 6.10 Å². The van der Waals surface area contributed by atoms with Crippen LogP contribution in [0.2, 0.25) is 0 Å². The molecule has 0 aromatic heterocycles. The fourth-order valence-corrected chi connectivity index (χ4v) is 3.17. The van der Waals surface area contributed by atoms with Gasteiger partial charge < -0.3 is 19.7 Å². The van der Waals surface area contributed by atoms with Gasteiger partial charge in [0.1, 0.15) is 11.5 Å². The van der Waals surface area contributed by atoms with Crippen molar-refractivity contribution < 1.29 is 19.1 Å². The molecule has 6 heteroatoms. The zero-order valence-electron chi connectivity index (χ0n) is 17.0. The van der Waals surface area contributed by atoms with Gasteiger partial charge in [-0.2, -0.15) is 0 Å². The first-order valence-electron chi connectivity index (χ1n) is 10.2. The Morgan fingerprint density at radius 1 is 1.14 bits per heavy atom. The topological polar surface area (TPSA) is 67.9 Å². The van der Waals surface area contributed by atoms with E-state index >= 15 is 0 Å². The molecule has 1 atom stereocenters. The Bertz CT molecular complexity index is 835. The van der Waals surface area contributed by atoms with Crippen LogP contribution in [0.1, 0.15) is 39.5 Å². The molecule has 0 radical (unpaired) electrons. The van der Waals surface area contributed by atoms with Crippen molar-refractivity contribution in [1.29, 1.82) is 0 Å². The lowest BCUT2D eigenvalue weighted by molar-refractivity contribution is -0.126. The molecule has 0 saturated heterocycles. The minimum Gasteiger partial charge on any atom is -0.494 e. The monoisotopic (exact) mass is 396 g/mol. The van der Waals surface area contributed by atoms with Crippen molar-refractivity contribution in [2.24, 2.45) is 0 Å². The third-order valence-corrected chi connectivity index (χ3v) is 4.80. The van der Waals surface area contributed by atoms with E-state index in [2.05, 4.69) is 12.2 Å². The Labute approximate surface area is 171 Å². The largest absolute Gasteiger partial charge is 0.494 e. The predicted molar refractivity (Wildman–Crippen MR) is 114 cm³/mol. The van der Waals surface area contributed by atoms with Gasteiger partial charge in [-0.3, -0.25) is 9.59 Å². The van der Waals surface area contributed by atoms with Crippen LogP contribution < -0.4 is 19.7 Å². The number of hydrogen-bond acceptors (Lipinski definition) is 4. The molecule has 1 unspecified atom stereocenters. The molecule has 6 nitrogen and oxygen atoms in total. The Kier molecular flexibility index (Phi) is 7.11. The number of para-hydroxylation sites is 2. The summed E-state index contributed by atoms with van der Waals surface area (Å²) in [5.74, 6) is 1.22. The molecule has 2 aromatic rings. The predicted octanol–water partition coefficient (Wildman–Crippen LogP) is 4.40. The summed E-state index contributed by atoms with van der Waals surface area (Å²) < 4.78 is 11.4. The molecule has 2 aromatic carbocycles. The van der Waals surface area contributed by atoms with Gasteiger partial charge in [0.25, 0.3) is 5.91 Å². The Hall–Kier alpha value is -3.02. The summed E-state index contributed by atoms with van der Waals surface area (Å²) in [4.78, 5) is 26.8. The van der Waals surface area contributed by atoms with Crippen LogP contribution in [0.4, 0.5) is 11.4 Å². The van der Waals surface area contributed by atoms with Gasteiger partial charge in [0.05, 0.1) is 12.3 Å². The Morgan fingerprint density at radius 3 is 2.62 bits per heavy atom. The third kappa shape index (κ3) is 5.28. The fourth-order valence-electron chi connectivity index (χ4n) is 3.17. The van der Waals surface area contributed by atoms with Gasteiger partial charge in [0.2, 0.25) is 5.91 Å². The number of unbranched alkanes of at least 4 members (excludes halogenated alkanes) is 1. The van der Waals surface area contributed by atoms with Gasteiger partial charge in [-0.1, -0.05) is 32.4 Å². The second kappa shape index (κ2) is 9.96. The molecule has 0 saturated carbocycles. The highest BCUT2D eigenvalue weighted by molar-refractivity contribution is 6.01. The van der Waals surface area contributed by atoms with Crippen LogP contribution in [0, 0.1) is 0 Å². The number of rotatable bonds is 9. The number of hydrogen-bond donors (Lipinski definition) is 1. The fraction of sp³-hybridized carbons (Fsp3) is 0.391. The van der Waals surface area contributed by atoms with E-state index in [9.17, 15) is 9.59 Å². The smallest absolute Gasteiger partial charge is 0.268 e. The Morgan fingerprint density at radius 2 is 1.90 bits per heavy atom. The van der Waals surface area contributed by atoms with Crippen molar-refractivity contribution in [2.45, 2.75) is 45.6 Å². The van der Waals surface area contributed by atoms with Gasteiger partial charge in [-0.15, -0.1) is 0 Å². The summed E-state index contributed by atoms with van der Waals surface area (Å²) in [6, 6.07) is 14.8. The molecule has 1 N–H and O–H groups in total. The number of carbonyl (C=O) groups excluding carboxylic acids is 2. The molecule has 154 valence electrons. The standard InChI is InChI=1S/C23H28N2O4/c1-3-5-16-28-18-12-10-17(11-13-18)24-22(26)14-15-25-19-8-6-7-9-21(19)29-20(4-2)23(25)27/h6-13,20H,3-5,14-16H2,1-2H3,(H,24,26). The maximum Gasteiger partial charge on any atom is 0.268 e. The van der Waals surface area contributed by atoms with E-state index in [-0.39, 0.29) is 18.2 Å². The van der Waals surface area contributed by atoms with E-state index in [0.29, 0.717) is 36.7 Å². The number of benzene rings is 2. The van der Waals surface area contributed by atoms with Crippen molar-refractivity contribution in [1.82, 2.24) is 0 Å². The summed E-state index contributed by atoms with van der Waals surface area (Å²) in [7, 11) is 0. The first kappa shape index (κ1) is 20.7. The van der Waals surface area contributed by atoms with E-state index in [1.807, 2.05) is 55.5 Å². The summed E-state index contributed by atoms with van der Waals surface area (Å²) in [6.45, 7) is 5.03. The third-order valence-electron chi connectivity index (χ3n) is 4.80. The zero-order chi connectivity index (χ0) is 20.6. The number of nitrogens with one attached hydrogen (secondary N) is 1. The number of anilines is 2. The molecule has 0 fully saturated rings. The quantitative estimate of drug-likeness (QED) is 0.638. The maximum atomic E-state index is 12.7.